The second-order valence-corrected chi connectivity index (χ2v) is 6.51. The van der Waals surface area contributed by atoms with Crippen LogP contribution in [-0.2, 0) is 0 Å². The fourth-order valence-electron chi connectivity index (χ4n) is 2.74. The van der Waals surface area contributed by atoms with Crippen LogP contribution >= 0.6 is 23.2 Å². The molecule has 2 aromatic rings. The van der Waals surface area contributed by atoms with Crippen molar-refractivity contribution in [1.82, 2.24) is 4.98 Å². The van der Waals surface area contributed by atoms with Crippen molar-refractivity contribution in [3.8, 4) is 0 Å². The molecule has 23 heavy (non-hydrogen) atoms. The average molecular weight is 350 g/mol. The summed E-state index contributed by atoms with van der Waals surface area (Å²) in [6, 6.07) is 7.22. The van der Waals surface area contributed by atoms with Gasteiger partial charge in [-0.3, -0.25) is 9.78 Å². The van der Waals surface area contributed by atoms with Crippen LogP contribution in [0.3, 0.4) is 0 Å². The third-order valence-electron chi connectivity index (χ3n) is 3.90. The summed E-state index contributed by atoms with van der Waals surface area (Å²) in [5, 5.41) is 7.15. The number of benzene rings is 1. The van der Waals surface area contributed by atoms with Crippen molar-refractivity contribution in [3.63, 3.8) is 0 Å². The van der Waals surface area contributed by atoms with Crippen molar-refractivity contribution in [3.05, 3.63) is 52.3 Å². The molecule has 2 N–H and O–H groups in total. The quantitative estimate of drug-likeness (QED) is 0.816. The first-order valence-corrected chi connectivity index (χ1v) is 8.35. The van der Waals surface area contributed by atoms with Crippen LogP contribution < -0.4 is 10.6 Å². The van der Waals surface area contributed by atoms with E-state index < -0.39 is 0 Å². The van der Waals surface area contributed by atoms with Gasteiger partial charge < -0.3 is 10.6 Å². The average Bonchev–Trinajstić information content (AvgIpc) is 3.04. The van der Waals surface area contributed by atoms with Gasteiger partial charge in [0.2, 0.25) is 0 Å². The van der Waals surface area contributed by atoms with Crippen LogP contribution in [0.4, 0.5) is 11.4 Å². The van der Waals surface area contributed by atoms with Crippen molar-refractivity contribution < 1.29 is 4.79 Å². The number of pyridine rings is 1. The molecule has 1 aromatic heterocycles. The van der Waals surface area contributed by atoms with E-state index in [2.05, 4.69) is 15.6 Å². The summed E-state index contributed by atoms with van der Waals surface area (Å²) in [4.78, 5) is 16.5. The van der Waals surface area contributed by atoms with E-state index in [4.69, 9.17) is 23.2 Å². The smallest absolute Gasteiger partial charge is 0.257 e. The second-order valence-electron chi connectivity index (χ2n) is 5.67. The maximum atomic E-state index is 12.4. The molecule has 1 saturated carbocycles. The number of carbonyl (C=O) groups excluding carboxylic acids is 1. The molecule has 1 fully saturated rings. The van der Waals surface area contributed by atoms with Crippen LogP contribution in [0.15, 0.2) is 36.7 Å². The van der Waals surface area contributed by atoms with E-state index in [0.717, 1.165) is 18.5 Å². The SMILES string of the molecule is O=C(Nc1cc(Cl)ccc1Cl)c1cncc(NC2CCCC2)c1. The standard InChI is InChI=1S/C17H17Cl2N3O/c18-12-5-6-15(19)16(8-12)22-17(23)11-7-14(10-20-9-11)21-13-3-1-2-4-13/h5-10,13,21H,1-4H2,(H,22,23). The van der Waals surface area contributed by atoms with E-state index in [1.165, 1.54) is 19.0 Å². The number of nitrogens with zero attached hydrogens (tertiary/aromatic N) is 1. The molecule has 0 spiro atoms. The number of hydrogen-bond donors (Lipinski definition) is 2. The van der Waals surface area contributed by atoms with Gasteiger partial charge in [0.15, 0.2) is 0 Å². The molecule has 120 valence electrons. The Morgan fingerprint density at radius 3 is 2.70 bits per heavy atom. The zero-order chi connectivity index (χ0) is 16.2. The highest BCUT2D eigenvalue weighted by Crippen LogP contribution is 2.26. The predicted molar refractivity (Wildman–Crippen MR) is 94.5 cm³/mol. The lowest BCUT2D eigenvalue weighted by Crippen LogP contribution is -2.16. The van der Waals surface area contributed by atoms with Crippen LogP contribution in [-0.4, -0.2) is 16.9 Å². The van der Waals surface area contributed by atoms with E-state index in [9.17, 15) is 4.79 Å². The summed E-state index contributed by atoms with van der Waals surface area (Å²) in [5.74, 6) is -0.267. The Hall–Kier alpha value is -1.78. The van der Waals surface area contributed by atoms with Gasteiger partial charge in [0.05, 0.1) is 22.0 Å². The van der Waals surface area contributed by atoms with Gasteiger partial charge in [-0.2, -0.15) is 0 Å². The summed E-state index contributed by atoms with van der Waals surface area (Å²) in [6.07, 6.45) is 8.09. The van der Waals surface area contributed by atoms with Crippen LogP contribution in [0.2, 0.25) is 10.0 Å². The van der Waals surface area contributed by atoms with Crippen LogP contribution in [0.1, 0.15) is 36.0 Å². The number of halogens is 2. The first kappa shape index (κ1) is 16.1. The van der Waals surface area contributed by atoms with E-state index >= 15 is 0 Å². The van der Waals surface area contributed by atoms with Gasteiger partial charge in [-0.15, -0.1) is 0 Å². The Balaban J connectivity index is 1.72. The predicted octanol–water partition coefficient (Wildman–Crippen LogP) is 5.00. The van der Waals surface area contributed by atoms with Crippen molar-refractivity contribution in [2.75, 3.05) is 10.6 Å². The fraction of sp³-hybridized carbons (Fsp3) is 0.294. The Bertz CT molecular complexity index is 715. The highest BCUT2D eigenvalue weighted by molar-refractivity contribution is 6.35. The topological polar surface area (TPSA) is 54.0 Å². The van der Waals surface area contributed by atoms with E-state index in [0.29, 0.717) is 27.3 Å². The Morgan fingerprint density at radius 1 is 1.13 bits per heavy atom. The molecule has 0 bridgehead atoms. The van der Waals surface area contributed by atoms with Crippen molar-refractivity contribution in [2.24, 2.45) is 0 Å². The van der Waals surface area contributed by atoms with Crippen LogP contribution in [0.25, 0.3) is 0 Å². The molecular formula is C17H17Cl2N3O. The number of aromatic nitrogens is 1. The number of nitrogens with one attached hydrogen (secondary N) is 2. The van der Waals surface area contributed by atoms with E-state index in [1.807, 2.05) is 0 Å². The summed E-state index contributed by atoms with van der Waals surface area (Å²) in [6.45, 7) is 0. The minimum Gasteiger partial charge on any atom is -0.381 e. The van der Waals surface area contributed by atoms with E-state index in [1.54, 1.807) is 30.5 Å². The van der Waals surface area contributed by atoms with Crippen LogP contribution in [0.5, 0.6) is 0 Å². The first-order chi connectivity index (χ1) is 11.1. The van der Waals surface area contributed by atoms with Gasteiger partial charge in [-0.25, -0.2) is 0 Å². The lowest BCUT2D eigenvalue weighted by Gasteiger charge is -2.14. The minimum absolute atomic E-state index is 0.267. The summed E-state index contributed by atoms with van der Waals surface area (Å²) < 4.78 is 0. The summed E-state index contributed by atoms with van der Waals surface area (Å²) >= 11 is 12.0. The number of amides is 1. The number of hydrogen-bond acceptors (Lipinski definition) is 3. The molecule has 1 aliphatic carbocycles. The van der Waals surface area contributed by atoms with Gasteiger partial charge in [0.1, 0.15) is 0 Å². The third-order valence-corrected chi connectivity index (χ3v) is 4.47. The Morgan fingerprint density at radius 2 is 1.91 bits per heavy atom. The third kappa shape index (κ3) is 4.15. The molecule has 6 heteroatoms. The molecule has 0 unspecified atom stereocenters. The van der Waals surface area contributed by atoms with Crippen molar-refractivity contribution in [2.45, 2.75) is 31.7 Å². The van der Waals surface area contributed by atoms with Crippen LogP contribution in [0, 0.1) is 0 Å². The first-order valence-electron chi connectivity index (χ1n) is 7.60. The molecule has 1 heterocycles. The fourth-order valence-corrected chi connectivity index (χ4v) is 3.07. The number of rotatable bonds is 4. The second kappa shape index (κ2) is 7.20. The van der Waals surface area contributed by atoms with Gasteiger partial charge >= 0.3 is 0 Å². The van der Waals surface area contributed by atoms with Gasteiger partial charge in [-0.05, 0) is 37.1 Å². The summed E-state index contributed by atoms with van der Waals surface area (Å²) in [5.41, 5.74) is 1.82. The molecular weight excluding hydrogens is 333 g/mol. The Labute approximate surface area is 145 Å². The summed E-state index contributed by atoms with van der Waals surface area (Å²) in [7, 11) is 0. The number of carbonyl (C=O) groups is 1. The maximum Gasteiger partial charge on any atom is 0.257 e. The van der Waals surface area contributed by atoms with Gasteiger partial charge in [-0.1, -0.05) is 36.0 Å². The molecule has 1 aliphatic rings. The highest BCUT2D eigenvalue weighted by Gasteiger charge is 2.16. The van der Waals surface area contributed by atoms with Crippen molar-refractivity contribution >= 4 is 40.5 Å². The molecule has 0 saturated heterocycles. The zero-order valence-electron chi connectivity index (χ0n) is 12.5. The highest BCUT2D eigenvalue weighted by atomic mass is 35.5. The van der Waals surface area contributed by atoms with Gasteiger partial charge in [0.25, 0.3) is 5.91 Å². The lowest BCUT2D eigenvalue weighted by molar-refractivity contribution is 0.102. The Kier molecular flexibility index (Phi) is 5.03. The largest absolute Gasteiger partial charge is 0.381 e. The maximum absolute atomic E-state index is 12.4. The molecule has 3 rings (SSSR count). The molecule has 1 amide bonds. The molecule has 1 aromatic carbocycles. The van der Waals surface area contributed by atoms with Crippen molar-refractivity contribution in [1.29, 1.82) is 0 Å². The molecule has 0 atom stereocenters. The van der Waals surface area contributed by atoms with Gasteiger partial charge in [0, 0.05) is 23.5 Å². The molecule has 4 nitrogen and oxygen atoms in total. The molecule has 0 aliphatic heterocycles. The normalized spacial score (nSPS) is 14.7. The van der Waals surface area contributed by atoms with E-state index in [-0.39, 0.29) is 5.91 Å². The number of anilines is 2. The zero-order valence-corrected chi connectivity index (χ0v) is 14.0. The lowest BCUT2D eigenvalue weighted by atomic mass is 10.2. The molecule has 0 radical (unpaired) electrons. The minimum atomic E-state index is -0.267. The monoisotopic (exact) mass is 349 g/mol.